The molecule has 1 saturated heterocycles. The van der Waals surface area contributed by atoms with E-state index in [1.54, 1.807) is 13.1 Å². The number of anilines is 2. The Hall–Kier alpha value is -3.46. The van der Waals surface area contributed by atoms with Crippen LogP contribution in [0.5, 0.6) is 0 Å². The highest BCUT2D eigenvalue weighted by atomic mass is 16.6. The molecule has 0 saturated carbocycles. The molecule has 9 heteroatoms. The number of primary amides is 1. The molecular formula is C21H25N5O4. The number of hydrogen-bond donors (Lipinski definition) is 3. The van der Waals surface area contributed by atoms with Crippen LogP contribution in [0.15, 0.2) is 42.5 Å². The molecule has 0 spiro atoms. The maximum absolute atomic E-state index is 12.7. The van der Waals surface area contributed by atoms with Gasteiger partial charge in [0, 0.05) is 43.0 Å². The summed E-state index contributed by atoms with van der Waals surface area (Å²) in [6.45, 7) is 2.29. The zero-order valence-electron chi connectivity index (χ0n) is 16.8. The minimum atomic E-state index is -0.530. The molecule has 0 bridgehead atoms. The zero-order chi connectivity index (χ0) is 21.7. The third kappa shape index (κ3) is 5.12. The fraction of sp³-hybridized carbons (Fsp3) is 0.333. The van der Waals surface area contributed by atoms with Gasteiger partial charge in [0.1, 0.15) is 0 Å². The Morgan fingerprint density at radius 2 is 1.93 bits per heavy atom. The van der Waals surface area contributed by atoms with Crippen molar-refractivity contribution in [1.29, 1.82) is 0 Å². The van der Waals surface area contributed by atoms with Crippen molar-refractivity contribution in [1.82, 2.24) is 4.90 Å². The number of likely N-dealkylation sites (tertiary alicyclic amines) is 1. The molecule has 1 fully saturated rings. The molecule has 1 heterocycles. The highest BCUT2D eigenvalue weighted by Crippen LogP contribution is 2.24. The highest BCUT2D eigenvalue weighted by Gasteiger charge is 2.23. The number of rotatable bonds is 7. The SMILES string of the molecule is CNc1ccc([N+](=O)[O-])cc1C(=O)Nc1cccc(CN2CCC(C(N)=O)CC2)c1. The molecular weight excluding hydrogens is 386 g/mol. The first-order valence-electron chi connectivity index (χ1n) is 9.75. The monoisotopic (exact) mass is 411 g/mol. The number of carbonyl (C=O) groups is 2. The number of nitro groups is 1. The summed E-state index contributed by atoms with van der Waals surface area (Å²) >= 11 is 0. The second kappa shape index (κ2) is 9.36. The molecule has 4 N–H and O–H groups in total. The normalized spacial score (nSPS) is 14.8. The van der Waals surface area contributed by atoms with Gasteiger partial charge in [-0.1, -0.05) is 12.1 Å². The predicted molar refractivity (Wildman–Crippen MR) is 114 cm³/mol. The summed E-state index contributed by atoms with van der Waals surface area (Å²) in [5, 5.41) is 16.7. The molecule has 1 aliphatic heterocycles. The lowest BCUT2D eigenvalue weighted by Crippen LogP contribution is -2.38. The summed E-state index contributed by atoms with van der Waals surface area (Å²) in [7, 11) is 1.65. The molecule has 30 heavy (non-hydrogen) atoms. The van der Waals surface area contributed by atoms with Crippen LogP contribution in [0.4, 0.5) is 17.1 Å². The van der Waals surface area contributed by atoms with Gasteiger partial charge in [-0.25, -0.2) is 0 Å². The van der Waals surface area contributed by atoms with E-state index in [2.05, 4.69) is 15.5 Å². The average molecular weight is 411 g/mol. The molecule has 0 aromatic heterocycles. The Kier molecular flexibility index (Phi) is 6.63. The van der Waals surface area contributed by atoms with Crippen molar-refractivity contribution in [3.8, 4) is 0 Å². The van der Waals surface area contributed by atoms with E-state index >= 15 is 0 Å². The van der Waals surface area contributed by atoms with Crippen molar-refractivity contribution in [2.75, 3.05) is 30.8 Å². The maximum atomic E-state index is 12.7. The summed E-state index contributed by atoms with van der Waals surface area (Å²) < 4.78 is 0. The van der Waals surface area contributed by atoms with Crippen molar-refractivity contribution in [2.24, 2.45) is 11.7 Å². The minimum Gasteiger partial charge on any atom is -0.387 e. The van der Waals surface area contributed by atoms with Crippen LogP contribution in [-0.2, 0) is 11.3 Å². The van der Waals surface area contributed by atoms with Gasteiger partial charge in [0.15, 0.2) is 0 Å². The van der Waals surface area contributed by atoms with Crippen LogP contribution < -0.4 is 16.4 Å². The minimum absolute atomic E-state index is 0.0526. The first-order chi connectivity index (χ1) is 14.4. The Morgan fingerprint density at radius 1 is 1.20 bits per heavy atom. The van der Waals surface area contributed by atoms with Crippen LogP contribution >= 0.6 is 0 Å². The number of piperidine rings is 1. The van der Waals surface area contributed by atoms with Crippen LogP contribution in [0.1, 0.15) is 28.8 Å². The molecule has 0 atom stereocenters. The van der Waals surface area contributed by atoms with Crippen LogP contribution in [-0.4, -0.2) is 41.8 Å². The number of nitro benzene ring substituents is 1. The van der Waals surface area contributed by atoms with Gasteiger partial charge in [0.25, 0.3) is 11.6 Å². The first kappa shape index (κ1) is 21.3. The number of amides is 2. The summed E-state index contributed by atoms with van der Waals surface area (Å²) in [5.41, 5.74) is 7.58. The van der Waals surface area contributed by atoms with Gasteiger partial charge >= 0.3 is 0 Å². The van der Waals surface area contributed by atoms with Crippen LogP contribution in [0.2, 0.25) is 0 Å². The fourth-order valence-electron chi connectivity index (χ4n) is 3.63. The number of nitrogens with two attached hydrogens (primary N) is 1. The molecule has 2 aromatic carbocycles. The standard InChI is InChI=1S/C21H25N5O4/c1-23-19-6-5-17(26(29)30)12-18(19)21(28)24-16-4-2-3-14(11-16)13-25-9-7-15(8-10-25)20(22)27/h2-6,11-12,15,23H,7-10,13H2,1H3,(H2,22,27)(H,24,28). The van der Waals surface area contributed by atoms with Gasteiger partial charge < -0.3 is 16.4 Å². The number of nitrogens with zero attached hydrogens (tertiary/aromatic N) is 2. The third-order valence-corrected chi connectivity index (χ3v) is 5.31. The number of carbonyl (C=O) groups excluding carboxylic acids is 2. The molecule has 0 unspecified atom stereocenters. The topological polar surface area (TPSA) is 131 Å². The zero-order valence-corrected chi connectivity index (χ0v) is 16.8. The Bertz CT molecular complexity index is 954. The summed E-state index contributed by atoms with van der Waals surface area (Å²) in [5.74, 6) is -0.716. The largest absolute Gasteiger partial charge is 0.387 e. The maximum Gasteiger partial charge on any atom is 0.270 e. The van der Waals surface area contributed by atoms with Gasteiger partial charge in [-0.2, -0.15) is 0 Å². The van der Waals surface area contributed by atoms with E-state index in [1.807, 2.05) is 18.2 Å². The van der Waals surface area contributed by atoms with E-state index in [0.717, 1.165) is 31.5 Å². The smallest absolute Gasteiger partial charge is 0.270 e. The second-order valence-corrected chi connectivity index (χ2v) is 7.34. The predicted octanol–water partition coefficient (Wildman–Crippen LogP) is 2.59. The molecule has 158 valence electrons. The van der Waals surface area contributed by atoms with Crippen LogP contribution in [0.25, 0.3) is 0 Å². The van der Waals surface area contributed by atoms with Gasteiger partial charge in [0.2, 0.25) is 5.91 Å². The van der Waals surface area contributed by atoms with Crippen molar-refractivity contribution < 1.29 is 14.5 Å². The van der Waals surface area contributed by atoms with Gasteiger partial charge in [-0.05, 0) is 49.7 Å². The summed E-state index contributed by atoms with van der Waals surface area (Å²) in [6.07, 6.45) is 1.51. The Balaban J connectivity index is 1.68. The Labute approximate surface area is 174 Å². The van der Waals surface area contributed by atoms with Gasteiger partial charge in [-0.3, -0.25) is 24.6 Å². The summed E-state index contributed by atoms with van der Waals surface area (Å²) in [4.78, 5) is 36.8. The molecule has 0 aliphatic carbocycles. The number of nitrogens with one attached hydrogen (secondary N) is 2. The molecule has 2 amide bonds. The van der Waals surface area contributed by atoms with Crippen LogP contribution in [0, 0.1) is 16.0 Å². The van der Waals surface area contributed by atoms with Crippen LogP contribution in [0.3, 0.4) is 0 Å². The Morgan fingerprint density at radius 3 is 2.57 bits per heavy atom. The molecule has 1 aliphatic rings. The first-order valence-corrected chi connectivity index (χ1v) is 9.75. The van der Waals surface area contributed by atoms with Crippen molar-refractivity contribution >= 4 is 28.9 Å². The van der Waals surface area contributed by atoms with E-state index in [-0.39, 0.29) is 23.1 Å². The van der Waals surface area contributed by atoms with E-state index < -0.39 is 10.8 Å². The van der Waals surface area contributed by atoms with E-state index in [0.29, 0.717) is 17.9 Å². The lowest BCUT2D eigenvalue weighted by atomic mass is 9.96. The molecule has 9 nitrogen and oxygen atoms in total. The van der Waals surface area contributed by atoms with Crippen molar-refractivity contribution in [2.45, 2.75) is 19.4 Å². The molecule has 3 rings (SSSR count). The lowest BCUT2D eigenvalue weighted by Gasteiger charge is -2.30. The number of benzene rings is 2. The number of hydrogen-bond acceptors (Lipinski definition) is 6. The second-order valence-electron chi connectivity index (χ2n) is 7.34. The van der Waals surface area contributed by atoms with Gasteiger partial charge in [0.05, 0.1) is 10.5 Å². The van der Waals surface area contributed by atoms with Crippen molar-refractivity contribution in [3.05, 3.63) is 63.7 Å². The molecule has 0 radical (unpaired) electrons. The lowest BCUT2D eigenvalue weighted by molar-refractivity contribution is -0.384. The van der Waals surface area contributed by atoms with E-state index in [4.69, 9.17) is 5.73 Å². The van der Waals surface area contributed by atoms with Crippen molar-refractivity contribution in [3.63, 3.8) is 0 Å². The fourth-order valence-corrected chi connectivity index (χ4v) is 3.63. The third-order valence-electron chi connectivity index (χ3n) is 5.31. The van der Waals surface area contributed by atoms with E-state index in [1.165, 1.54) is 18.2 Å². The molecule has 2 aromatic rings. The summed E-state index contributed by atoms with van der Waals surface area (Å²) in [6, 6.07) is 11.6. The quantitative estimate of drug-likeness (QED) is 0.474. The average Bonchev–Trinajstić information content (AvgIpc) is 2.73. The van der Waals surface area contributed by atoms with Gasteiger partial charge in [-0.15, -0.1) is 0 Å². The highest BCUT2D eigenvalue weighted by molar-refractivity contribution is 6.08. The number of non-ortho nitro benzene ring substituents is 1. The van der Waals surface area contributed by atoms with E-state index in [9.17, 15) is 19.7 Å².